The van der Waals surface area contributed by atoms with Gasteiger partial charge in [-0.2, -0.15) is 0 Å². The van der Waals surface area contributed by atoms with E-state index in [0.717, 1.165) is 36.6 Å². The van der Waals surface area contributed by atoms with Crippen molar-refractivity contribution in [3.8, 4) is 11.5 Å². The molecule has 1 N–H and O–H groups in total. The molecule has 4 rings (SSSR count). The second-order valence-electron chi connectivity index (χ2n) is 9.03. The van der Waals surface area contributed by atoms with Crippen LogP contribution in [0, 0.1) is 0 Å². The molecule has 0 spiro atoms. The number of methoxy groups -OCH3 is 2. The summed E-state index contributed by atoms with van der Waals surface area (Å²) in [5, 5.41) is 10.6. The second-order valence-corrected chi connectivity index (χ2v) is 9.03. The van der Waals surface area contributed by atoms with Crippen LogP contribution in [0.4, 0.5) is 0 Å². The van der Waals surface area contributed by atoms with Gasteiger partial charge in [-0.3, -0.25) is 4.90 Å². The minimum absolute atomic E-state index is 0.0425. The van der Waals surface area contributed by atoms with E-state index in [9.17, 15) is 5.11 Å². The zero-order valence-corrected chi connectivity index (χ0v) is 21.1. The first-order valence-electron chi connectivity index (χ1n) is 12.4. The average Bonchev–Trinajstić information content (AvgIpc) is 2.94. The molecule has 0 aromatic heterocycles. The number of ether oxygens (including phenoxy) is 2. The van der Waals surface area contributed by atoms with Crippen molar-refractivity contribution in [2.75, 3.05) is 27.4 Å². The maximum atomic E-state index is 10.6. The van der Waals surface area contributed by atoms with Gasteiger partial charge in [0.05, 0.1) is 26.9 Å². The quantitative estimate of drug-likeness (QED) is 0.259. The van der Waals surface area contributed by atoms with Gasteiger partial charge in [0.25, 0.3) is 0 Å². The zero-order chi connectivity index (χ0) is 25.2. The highest BCUT2D eigenvalue weighted by Gasteiger charge is 2.25. The lowest BCUT2D eigenvalue weighted by Gasteiger charge is -2.34. The van der Waals surface area contributed by atoms with Crippen molar-refractivity contribution in [2.24, 2.45) is 0 Å². The maximum absolute atomic E-state index is 10.6. The number of aliphatic hydroxyl groups is 1. The van der Waals surface area contributed by atoms with Crippen molar-refractivity contribution in [1.82, 2.24) is 4.90 Å². The van der Waals surface area contributed by atoms with E-state index in [4.69, 9.17) is 9.47 Å². The maximum Gasteiger partial charge on any atom is 0.160 e. The predicted molar refractivity (Wildman–Crippen MR) is 146 cm³/mol. The molecule has 4 aromatic carbocycles. The number of aliphatic hydroxyl groups excluding tert-OH is 1. The first-order valence-corrected chi connectivity index (χ1v) is 12.4. The van der Waals surface area contributed by atoms with E-state index in [0.29, 0.717) is 0 Å². The summed E-state index contributed by atoms with van der Waals surface area (Å²) in [6, 6.07) is 37.4. The Morgan fingerprint density at radius 1 is 0.667 bits per heavy atom. The van der Waals surface area contributed by atoms with Crippen molar-refractivity contribution in [3.63, 3.8) is 0 Å². The van der Waals surface area contributed by atoms with Gasteiger partial charge >= 0.3 is 0 Å². The molecule has 0 aliphatic rings. The standard InChI is InChI=1S/C32H35NO3/c1-35-31-19-18-28(21-32(31)36-2)29(20-25-12-6-3-7-13-25)23-33(22-26-14-8-4-9-15-26)30(24-34)27-16-10-5-11-17-27/h3-19,21,29-30,34H,20,22-24H2,1-2H3/t29-,30-/m0/s1. The highest BCUT2D eigenvalue weighted by Crippen LogP contribution is 2.34. The van der Waals surface area contributed by atoms with Gasteiger partial charge in [0.2, 0.25) is 0 Å². The topological polar surface area (TPSA) is 41.9 Å². The van der Waals surface area contributed by atoms with Gasteiger partial charge in [-0.15, -0.1) is 0 Å². The van der Waals surface area contributed by atoms with E-state index in [2.05, 4.69) is 77.7 Å². The molecule has 0 amide bonds. The molecule has 0 aliphatic carbocycles. The van der Waals surface area contributed by atoms with Gasteiger partial charge in [-0.1, -0.05) is 97.1 Å². The Bertz CT molecular complexity index is 1180. The number of benzene rings is 4. The van der Waals surface area contributed by atoms with Gasteiger partial charge in [-0.05, 0) is 40.8 Å². The smallest absolute Gasteiger partial charge is 0.160 e. The zero-order valence-electron chi connectivity index (χ0n) is 21.1. The predicted octanol–water partition coefficient (Wildman–Crippen LogP) is 6.27. The van der Waals surface area contributed by atoms with Crippen LogP contribution in [0.2, 0.25) is 0 Å². The summed E-state index contributed by atoms with van der Waals surface area (Å²) >= 11 is 0. The van der Waals surface area contributed by atoms with E-state index in [1.165, 1.54) is 16.7 Å². The fourth-order valence-electron chi connectivity index (χ4n) is 4.80. The SMILES string of the molecule is COc1ccc([C@@H](Cc2ccccc2)CN(Cc2ccccc2)[C@@H](CO)c2ccccc2)cc1OC. The lowest BCUT2D eigenvalue weighted by atomic mass is 9.90. The van der Waals surface area contributed by atoms with Gasteiger partial charge in [0, 0.05) is 19.0 Å². The van der Waals surface area contributed by atoms with Gasteiger partial charge in [0.15, 0.2) is 11.5 Å². The highest BCUT2D eigenvalue weighted by molar-refractivity contribution is 5.44. The first kappa shape index (κ1) is 25.5. The van der Waals surface area contributed by atoms with Gasteiger partial charge in [0.1, 0.15) is 0 Å². The molecule has 36 heavy (non-hydrogen) atoms. The third kappa shape index (κ3) is 6.54. The molecule has 4 nitrogen and oxygen atoms in total. The molecule has 0 heterocycles. The molecular formula is C32H35NO3. The summed E-state index contributed by atoms with van der Waals surface area (Å²) in [4.78, 5) is 2.40. The van der Waals surface area contributed by atoms with Crippen molar-refractivity contribution >= 4 is 0 Å². The van der Waals surface area contributed by atoms with Crippen LogP contribution in [0.15, 0.2) is 109 Å². The summed E-state index contributed by atoms with van der Waals surface area (Å²) in [5.41, 5.74) is 4.79. The third-order valence-electron chi connectivity index (χ3n) is 6.69. The van der Waals surface area contributed by atoms with E-state index in [1.54, 1.807) is 14.2 Å². The fourth-order valence-corrected chi connectivity index (χ4v) is 4.80. The van der Waals surface area contributed by atoms with E-state index in [-0.39, 0.29) is 18.6 Å². The van der Waals surface area contributed by atoms with Crippen molar-refractivity contribution < 1.29 is 14.6 Å². The van der Waals surface area contributed by atoms with Crippen LogP contribution in [-0.4, -0.2) is 37.4 Å². The fraction of sp³-hybridized carbons (Fsp3) is 0.250. The molecule has 0 aliphatic heterocycles. The molecule has 4 aromatic rings. The summed E-state index contributed by atoms with van der Waals surface area (Å²) in [7, 11) is 3.33. The van der Waals surface area contributed by atoms with Crippen LogP contribution >= 0.6 is 0 Å². The van der Waals surface area contributed by atoms with Crippen LogP contribution < -0.4 is 9.47 Å². The molecule has 186 valence electrons. The monoisotopic (exact) mass is 481 g/mol. The minimum atomic E-state index is -0.121. The van der Waals surface area contributed by atoms with Crippen LogP contribution in [0.5, 0.6) is 11.5 Å². The van der Waals surface area contributed by atoms with Crippen LogP contribution in [0.3, 0.4) is 0 Å². The lowest BCUT2D eigenvalue weighted by molar-refractivity contribution is 0.109. The van der Waals surface area contributed by atoms with E-state index in [1.807, 2.05) is 36.4 Å². The largest absolute Gasteiger partial charge is 0.493 e. The third-order valence-corrected chi connectivity index (χ3v) is 6.69. The first-order chi connectivity index (χ1) is 17.7. The number of hydrogen-bond acceptors (Lipinski definition) is 4. The molecule has 0 saturated carbocycles. The van der Waals surface area contributed by atoms with Gasteiger partial charge < -0.3 is 14.6 Å². The molecular weight excluding hydrogens is 446 g/mol. The molecule has 0 unspecified atom stereocenters. The van der Waals surface area contributed by atoms with Crippen molar-refractivity contribution in [2.45, 2.75) is 24.9 Å². The minimum Gasteiger partial charge on any atom is -0.493 e. The Morgan fingerprint density at radius 2 is 1.25 bits per heavy atom. The normalized spacial score (nSPS) is 12.8. The Hall–Kier alpha value is -3.60. The summed E-state index contributed by atoms with van der Waals surface area (Å²) < 4.78 is 11.1. The Kier molecular flexibility index (Phi) is 9.15. The van der Waals surface area contributed by atoms with Crippen LogP contribution in [-0.2, 0) is 13.0 Å². The number of nitrogens with zero attached hydrogens (tertiary/aromatic N) is 1. The van der Waals surface area contributed by atoms with Crippen molar-refractivity contribution in [1.29, 1.82) is 0 Å². The van der Waals surface area contributed by atoms with E-state index < -0.39 is 0 Å². The van der Waals surface area contributed by atoms with Crippen LogP contribution in [0.1, 0.15) is 34.2 Å². The van der Waals surface area contributed by atoms with Crippen LogP contribution in [0.25, 0.3) is 0 Å². The summed E-state index contributed by atoms with van der Waals surface area (Å²) in [6.45, 7) is 1.54. The Labute approximate surface area is 214 Å². The highest BCUT2D eigenvalue weighted by atomic mass is 16.5. The molecule has 0 bridgehead atoms. The number of rotatable bonds is 12. The van der Waals surface area contributed by atoms with Crippen molar-refractivity contribution in [3.05, 3.63) is 131 Å². The Balaban J connectivity index is 1.72. The number of hydrogen-bond donors (Lipinski definition) is 1. The molecule has 4 heteroatoms. The Morgan fingerprint density at radius 3 is 1.83 bits per heavy atom. The second kappa shape index (κ2) is 12.9. The van der Waals surface area contributed by atoms with E-state index >= 15 is 0 Å². The molecule has 0 saturated heterocycles. The molecule has 0 fully saturated rings. The molecule has 2 atom stereocenters. The average molecular weight is 482 g/mol. The summed E-state index contributed by atoms with van der Waals surface area (Å²) in [6.07, 6.45) is 0.870. The summed E-state index contributed by atoms with van der Waals surface area (Å²) in [5.74, 6) is 1.62. The van der Waals surface area contributed by atoms with Gasteiger partial charge in [-0.25, -0.2) is 0 Å². The molecule has 0 radical (unpaired) electrons. The lowest BCUT2D eigenvalue weighted by Crippen LogP contribution is -2.35.